The van der Waals surface area contributed by atoms with Gasteiger partial charge in [-0.25, -0.2) is 4.98 Å². The molecule has 0 unspecified atom stereocenters. The van der Waals surface area contributed by atoms with Crippen molar-refractivity contribution in [1.82, 2.24) is 9.88 Å². The third kappa shape index (κ3) is 3.52. The minimum atomic E-state index is -0.433. The molecule has 26 heavy (non-hydrogen) atoms. The molecule has 0 fully saturated rings. The molecule has 2 N–H and O–H groups in total. The topological polar surface area (TPSA) is 92.2 Å². The van der Waals surface area contributed by atoms with E-state index in [-0.39, 0.29) is 5.75 Å². The van der Waals surface area contributed by atoms with Gasteiger partial charge in [0.1, 0.15) is 16.8 Å². The van der Waals surface area contributed by atoms with E-state index in [0.717, 1.165) is 35.3 Å². The molecule has 3 rings (SSSR count). The second-order valence-electron chi connectivity index (χ2n) is 6.15. The van der Waals surface area contributed by atoms with Crippen molar-refractivity contribution in [1.29, 1.82) is 5.26 Å². The van der Waals surface area contributed by atoms with Crippen LogP contribution in [0.2, 0.25) is 0 Å². The van der Waals surface area contributed by atoms with Crippen LogP contribution in [0.3, 0.4) is 0 Å². The van der Waals surface area contributed by atoms with Crippen molar-refractivity contribution in [2.24, 2.45) is 5.73 Å². The zero-order valence-electron chi connectivity index (χ0n) is 14.8. The van der Waals surface area contributed by atoms with Gasteiger partial charge in [-0.2, -0.15) is 5.26 Å². The van der Waals surface area contributed by atoms with Gasteiger partial charge in [-0.05, 0) is 18.7 Å². The number of pyridine rings is 1. The number of nitrogens with zero attached hydrogens (tertiary/aromatic N) is 3. The molecule has 2 heterocycles. The highest BCUT2D eigenvalue weighted by Crippen LogP contribution is 2.40. The minimum Gasteiger partial charge on any atom is -0.496 e. The van der Waals surface area contributed by atoms with Crippen molar-refractivity contribution < 1.29 is 9.53 Å². The van der Waals surface area contributed by atoms with Crippen LogP contribution in [0.15, 0.2) is 29.3 Å². The Morgan fingerprint density at radius 3 is 2.92 bits per heavy atom. The van der Waals surface area contributed by atoms with Crippen LogP contribution in [0.1, 0.15) is 16.8 Å². The SMILES string of the molecule is COc1ccccc1-c1c(C#N)c(SCC(N)=O)nc2c1CN(C)CC2. The molecule has 1 aromatic carbocycles. The Bertz CT molecular complexity index is 892. The van der Waals surface area contributed by atoms with E-state index in [4.69, 9.17) is 15.5 Å². The summed E-state index contributed by atoms with van der Waals surface area (Å²) in [5, 5.41) is 10.4. The lowest BCUT2D eigenvalue weighted by Gasteiger charge is -2.28. The van der Waals surface area contributed by atoms with Crippen LogP contribution in [-0.4, -0.2) is 42.2 Å². The maximum atomic E-state index is 11.2. The third-order valence-electron chi connectivity index (χ3n) is 4.35. The van der Waals surface area contributed by atoms with Gasteiger partial charge >= 0.3 is 0 Å². The number of amides is 1. The van der Waals surface area contributed by atoms with E-state index in [0.29, 0.717) is 22.9 Å². The molecular formula is C19H20N4O2S. The van der Waals surface area contributed by atoms with Crippen molar-refractivity contribution >= 4 is 17.7 Å². The second kappa shape index (κ2) is 7.77. The molecule has 7 heteroatoms. The molecule has 0 saturated heterocycles. The number of para-hydroxylation sites is 1. The monoisotopic (exact) mass is 368 g/mol. The van der Waals surface area contributed by atoms with Crippen LogP contribution in [0.5, 0.6) is 5.75 Å². The molecule has 0 spiro atoms. The molecule has 134 valence electrons. The number of primary amides is 1. The quantitative estimate of drug-likeness (QED) is 0.814. The molecule has 0 aliphatic carbocycles. The van der Waals surface area contributed by atoms with Gasteiger partial charge in [0.25, 0.3) is 0 Å². The predicted molar refractivity (Wildman–Crippen MR) is 101 cm³/mol. The number of fused-ring (bicyclic) bond motifs is 1. The summed E-state index contributed by atoms with van der Waals surface area (Å²) < 4.78 is 5.53. The van der Waals surface area contributed by atoms with Crippen molar-refractivity contribution in [2.75, 3.05) is 26.5 Å². The lowest BCUT2D eigenvalue weighted by atomic mass is 9.91. The second-order valence-corrected chi connectivity index (χ2v) is 7.11. The molecule has 0 saturated carbocycles. The third-order valence-corrected chi connectivity index (χ3v) is 5.35. The minimum absolute atomic E-state index is 0.0890. The molecule has 0 radical (unpaired) electrons. The molecule has 1 aromatic heterocycles. The number of methoxy groups -OCH3 is 1. The number of nitriles is 1. The zero-order valence-corrected chi connectivity index (χ0v) is 15.6. The maximum Gasteiger partial charge on any atom is 0.227 e. The fourth-order valence-electron chi connectivity index (χ4n) is 3.17. The highest BCUT2D eigenvalue weighted by Gasteiger charge is 2.26. The molecular weight excluding hydrogens is 348 g/mol. The molecule has 0 bridgehead atoms. The summed E-state index contributed by atoms with van der Waals surface area (Å²) >= 11 is 1.21. The summed E-state index contributed by atoms with van der Waals surface area (Å²) in [5.74, 6) is 0.361. The Labute approximate surface area is 157 Å². The number of thioether (sulfide) groups is 1. The summed E-state index contributed by atoms with van der Waals surface area (Å²) in [7, 11) is 3.67. The summed E-state index contributed by atoms with van der Waals surface area (Å²) in [5.41, 5.74) is 9.47. The molecule has 1 aliphatic rings. The van der Waals surface area contributed by atoms with Crippen LogP contribution >= 0.6 is 11.8 Å². The Morgan fingerprint density at radius 1 is 1.46 bits per heavy atom. The average Bonchev–Trinajstić information content (AvgIpc) is 2.65. The van der Waals surface area contributed by atoms with E-state index in [1.807, 2.05) is 24.3 Å². The number of nitrogens with two attached hydrogens (primary N) is 1. The van der Waals surface area contributed by atoms with Gasteiger partial charge < -0.3 is 15.4 Å². The number of hydrogen-bond donors (Lipinski definition) is 1. The summed E-state index contributed by atoms with van der Waals surface area (Å²) in [4.78, 5) is 18.1. The van der Waals surface area contributed by atoms with Crippen molar-refractivity contribution in [3.63, 3.8) is 0 Å². The first-order valence-corrected chi connectivity index (χ1v) is 9.22. The van der Waals surface area contributed by atoms with Crippen LogP contribution < -0.4 is 10.5 Å². The number of carbonyl (C=O) groups excluding carboxylic acids is 1. The van der Waals surface area contributed by atoms with Gasteiger partial charge in [0.15, 0.2) is 0 Å². The summed E-state index contributed by atoms with van der Waals surface area (Å²) in [6.45, 7) is 1.61. The number of benzene rings is 1. The van der Waals surface area contributed by atoms with Crippen molar-refractivity contribution in [3.05, 3.63) is 41.1 Å². The predicted octanol–water partition coefficient (Wildman–Crippen LogP) is 2.19. The fourth-order valence-corrected chi connectivity index (χ4v) is 3.91. The van der Waals surface area contributed by atoms with Gasteiger partial charge in [0, 0.05) is 36.3 Å². The van der Waals surface area contributed by atoms with Gasteiger partial charge in [0.05, 0.1) is 18.4 Å². The van der Waals surface area contributed by atoms with E-state index >= 15 is 0 Å². The first-order valence-electron chi connectivity index (χ1n) is 8.24. The summed E-state index contributed by atoms with van der Waals surface area (Å²) in [6, 6.07) is 9.95. The normalized spacial score (nSPS) is 13.7. The van der Waals surface area contributed by atoms with E-state index in [9.17, 15) is 10.1 Å². The molecule has 1 amide bonds. The number of aromatic nitrogens is 1. The average molecular weight is 368 g/mol. The van der Waals surface area contributed by atoms with Gasteiger partial charge in [-0.3, -0.25) is 4.79 Å². The van der Waals surface area contributed by atoms with Gasteiger partial charge in [-0.1, -0.05) is 30.0 Å². The van der Waals surface area contributed by atoms with Crippen LogP contribution in [-0.2, 0) is 17.8 Å². The van der Waals surface area contributed by atoms with Gasteiger partial charge in [0.2, 0.25) is 5.91 Å². The number of rotatable bonds is 5. The van der Waals surface area contributed by atoms with E-state index in [2.05, 4.69) is 18.0 Å². The summed E-state index contributed by atoms with van der Waals surface area (Å²) in [6.07, 6.45) is 0.795. The number of hydrogen-bond acceptors (Lipinski definition) is 6. The number of ether oxygens (including phenoxy) is 1. The Morgan fingerprint density at radius 2 is 2.23 bits per heavy atom. The molecule has 0 atom stereocenters. The highest BCUT2D eigenvalue weighted by molar-refractivity contribution is 8.00. The standard InChI is InChI=1S/C19H20N4O2S/c1-23-8-7-15-14(10-23)18(12-5-3-4-6-16(12)25-2)13(9-20)19(22-15)26-11-17(21)24/h3-6H,7-8,10-11H2,1-2H3,(H2,21,24). The van der Waals surface area contributed by atoms with Crippen molar-refractivity contribution in [3.8, 4) is 22.9 Å². The van der Waals surface area contributed by atoms with Gasteiger partial charge in [-0.15, -0.1) is 0 Å². The smallest absolute Gasteiger partial charge is 0.227 e. The Balaban J connectivity index is 2.27. The Hall–Kier alpha value is -2.56. The van der Waals surface area contributed by atoms with Crippen LogP contribution in [0.4, 0.5) is 0 Å². The number of likely N-dealkylation sites (N-methyl/N-ethyl adjacent to an activating group) is 1. The van der Waals surface area contributed by atoms with Crippen LogP contribution in [0, 0.1) is 11.3 Å². The van der Waals surface area contributed by atoms with Crippen LogP contribution in [0.25, 0.3) is 11.1 Å². The first-order chi connectivity index (χ1) is 12.5. The number of carbonyl (C=O) groups is 1. The lowest BCUT2D eigenvalue weighted by Crippen LogP contribution is -2.28. The lowest BCUT2D eigenvalue weighted by molar-refractivity contribution is -0.115. The fraction of sp³-hybridized carbons (Fsp3) is 0.316. The largest absolute Gasteiger partial charge is 0.496 e. The molecule has 2 aromatic rings. The first kappa shape index (κ1) is 18.2. The maximum absolute atomic E-state index is 11.2. The van der Waals surface area contributed by atoms with E-state index < -0.39 is 5.91 Å². The van der Waals surface area contributed by atoms with Crippen molar-refractivity contribution in [2.45, 2.75) is 18.0 Å². The highest BCUT2D eigenvalue weighted by atomic mass is 32.2. The van der Waals surface area contributed by atoms with E-state index in [1.165, 1.54) is 11.8 Å². The molecule has 1 aliphatic heterocycles. The Kier molecular flexibility index (Phi) is 5.45. The van der Waals surface area contributed by atoms with E-state index in [1.54, 1.807) is 7.11 Å². The zero-order chi connectivity index (χ0) is 18.7. The molecule has 6 nitrogen and oxygen atoms in total.